The van der Waals surface area contributed by atoms with Crippen LogP contribution in [0.5, 0.6) is 0 Å². The highest BCUT2D eigenvalue weighted by atomic mass is 16.5. The minimum absolute atomic E-state index is 0.0809. The van der Waals surface area contributed by atoms with Gasteiger partial charge in [0, 0.05) is 13.0 Å². The van der Waals surface area contributed by atoms with Crippen LogP contribution < -0.4 is 5.32 Å². The second-order valence-corrected chi connectivity index (χ2v) is 2.62. The summed E-state index contributed by atoms with van der Waals surface area (Å²) in [6.45, 7) is 11.0. The highest BCUT2D eigenvalue weighted by Gasteiger charge is 1.95. The molecule has 0 aliphatic heterocycles. The molecule has 0 saturated carbocycles. The van der Waals surface area contributed by atoms with Crippen LogP contribution in [-0.2, 0) is 9.53 Å². The van der Waals surface area contributed by atoms with E-state index in [-0.39, 0.29) is 12.0 Å². The molecule has 80 valence electrons. The first-order chi connectivity index (χ1) is 6.16. The molecule has 0 aliphatic rings. The summed E-state index contributed by atoms with van der Waals surface area (Å²) in [5.41, 5.74) is 0. The maximum Gasteiger partial charge on any atom is 0.219 e. The van der Waals surface area contributed by atoms with E-state index in [1.807, 2.05) is 34.6 Å². The molecule has 0 radical (unpaired) electrons. The molecule has 0 unspecified atom stereocenters. The molecule has 0 aliphatic carbocycles. The molecule has 13 heavy (non-hydrogen) atoms. The zero-order valence-electron chi connectivity index (χ0n) is 9.52. The van der Waals surface area contributed by atoms with Crippen LogP contribution in [0.1, 0.15) is 41.0 Å². The zero-order valence-corrected chi connectivity index (χ0v) is 9.52. The number of hydrogen-bond donors (Lipinski definition) is 1. The molecule has 0 aromatic carbocycles. The molecule has 3 nitrogen and oxygen atoms in total. The molecule has 1 N–H and O–H groups in total. The van der Waals surface area contributed by atoms with Gasteiger partial charge in [0.15, 0.2) is 0 Å². The van der Waals surface area contributed by atoms with Crippen LogP contribution in [0.4, 0.5) is 0 Å². The van der Waals surface area contributed by atoms with E-state index in [1.165, 1.54) is 0 Å². The number of amides is 1. The Bertz CT molecular complexity index is 113. The molecule has 0 aromatic heterocycles. The smallest absolute Gasteiger partial charge is 0.219 e. The van der Waals surface area contributed by atoms with Gasteiger partial charge in [0.1, 0.15) is 0 Å². The van der Waals surface area contributed by atoms with E-state index in [9.17, 15) is 4.79 Å². The molecular weight excluding hydrogens is 166 g/mol. The monoisotopic (exact) mass is 189 g/mol. The fraction of sp³-hybridized carbons (Fsp3) is 0.900. The van der Waals surface area contributed by atoms with Crippen molar-refractivity contribution in [1.29, 1.82) is 0 Å². The number of carbonyl (C=O) groups excluding carboxylic acids is 1. The maximum atomic E-state index is 10.7. The topological polar surface area (TPSA) is 38.3 Å². The summed E-state index contributed by atoms with van der Waals surface area (Å²) >= 11 is 0. The standard InChI is InChI=1S/C8H17NO2.C2H6/c1-4-8(10)9-5-6-11-7(2)3;1-2/h7H,4-6H2,1-3H3,(H,9,10);1-2H3. The highest BCUT2D eigenvalue weighted by molar-refractivity contribution is 5.75. The van der Waals surface area contributed by atoms with Crippen LogP contribution in [0.3, 0.4) is 0 Å². The summed E-state index contributed by atoms with van der Waals surface area (Å²) in [4.78, 5) is 10.7. The van der Waals surface area contributed by atoms with Gasteiger partial charge < -0.3 is 10.1 Å². The Morgan fingerprint density at radius 1 is 1.38 bits per heavy atom. The Balaban J connectivity index is 0. The number of nitrogens with one attached hydrogen (secondary N) is 1. The van der Waals surface area contributed by atoms with Crippen LogP contribution >= 0.6 is 0 Å². The second-order valence-electron chi connectivity index (χ2n) is 2.62. The van der Waals surface area contributed by atoms with E-state index in [2.05, 4.69) is 5.32 Å². The van der Waals surface area contributed by atoms with Gasteiger partial charge in [-0.1, -0.05) is 20.8 Å². The van der Waals surface area contributed by atoms with E-state index < -0.39 is 0 Å². The highest BCUT2D eigenvalue weighted by Crippen LogP contribution is 1.85. The number of rotatable bonds is 5. The van der Waals surface area contributed by atoms with Crippen molar-refractivity contribution in [3.8, 4) is 0 Å². The summed E-state index contributed by atoms with van der Waals surface area (Å²) in [6.07, 6.45) is 0.787. The average molecular weight is 189 g/mol. The largest absolute Gasteiger partial charge is 0.377 e. The molecule has 0 spiro atoms. The summed E-state index contributed by atoms with van der Waals surface area (Å²) in [7, 11) is 0. The molecule has 0 saturated heterocycles. The summed E-state index contributed by atoms with van der Waals surface area (Å²) < 4.78 is 5.22. The third-order valence-corrected chi connectivity index (χ3v) is 1.20. The predicted molar refractivity (Wildman–Crippen MR) is 55.7 cm³/mol. The SMILES string of the molecule is CC.CCC(=O)NCCOC(C)C. The molecule has 0 heterocycles. The van der Waals surface area contributed by atoms with Gasteiger partial charge in [0.25, 0.3) is 0 Å². The van der Waals surface area contributed by atoms with Crippen molar-refractivity contribution in [2.24, 2.45) is 0 Å². The third-order valence-electron chi connectivity index (χ3n) is 1.20. The average Bonchev–Trinajstić information content (AvgIpc) is 2.15. The van der Waals surface area contributed by atoms with Gasteiger partial charge in [-0.25, -0.2) is 0 Å². The van der Waals surface area contributed by atoms with Crippen molar-refractivity contribution in [3.05, 3.63) is 0 Å². The lowest BCUT2D eigenvalue weighted by molar-refractivity contribution is -0.121. The van der Waals surface area contributed by atoms with Gasteiger partial charge >= 0.3 is 0 Å². The quantitative estimate of drug-likeness (QED) is 0.671. The summed E-state index contributed by atoms with van der Waals surface area (Å²) in [5.74, 6) is 0.0809. The Morgan fingerprint density at radius 3 is 2.31 bits per heavy atom. The lowest BCUT2D eigenvalue weighted by atomic mass is 10.4. The minimum Gasteiger partial charge on any atom is -0.377 e. The Morgan fingerprint density at radius 2 is 1.92 bits per heavy atom. The zero-order chi connectivity index (χ0) is 10.7. The van der Waals surface area contributed by atoms with Crippen molar-refractivity contribution < 1.29 is 9.53 Å². The van der Waals surface area contributed by atoms with E-state index >= 15 is 0 Å². The third kappa shape index (κ3) is 14.3. The number of ether oxygens (including phenoxy) is 1. The fourth-order valence-corrected chi connectivity index (χ4v) is 0.610. The van der Waals surface area contributed by atoms with Crippen molar-refractivity contribution in [3.63, 3.8) is 0 Å². The molecule has 3 heteroatoms. The molecule has 0 atom stereocenters. The van der Waals surface area contributed by atoms with Gasteiger partial charge in [-0.15, -0.1) is 0 Å². The Hall–Kier alpha value is -0.570. The first kappa shape index (κ1) is 14.9. The van der Waals surface area contributed by atoms with E-state index in [4.69, 9.17) is 4.74 Å². The maximum absolute atomic E-state index is 10.7. The van der Waals surface area contributed by atoms with Crippen LogP contribution in [0.25, 0.3) is 0 Å². The first-order valence-electron chi connectivity index (χ1n) is 5.05. The summed E-state index contributed by atoms with van der Waals surface area (Å²) in [5, 5.41) is 2.72. The van der Waals surface area contributed by atoms with Gasteiger partial charge in [-0.3, -0.25) is 4.79 Å². The van der Waals surface area contributed by atoms with Crippen molar-refractivity contribution >= 4 is 5.91 Å². The number of carbonyl (C=O) groups is 1. The van der Waals surface area contributed by atoms with Gasteiger partial charge in [-0.2, -0.15) is 0 Å². The Kier molecular flexibility index (Phi) is 13.1. The first-order valence-corrected chi connectivity index (χ1v) is 5.05. The normalized spacial score (nSPS) is 9.08. The predicted octanol–water partition coefficient (Wildman–Crippen LogP) is 1.96. The minimum atomic E-state index is 0.0809. The molecule has 0 aromatic rings. The van der Waals surface area contributed by atoms with Crippen molar-refractivity contribution in [2.75, 3.05) is 13.2 Å². The second kappa shape index (κ2) is 11.4. The molecule has 0 rings (SSSR count). The van der Waals surface area contributed by atoms with Gasteiger partial charge in [-0.05, 0) is 13.8 Å². The lowest BCUT2D eigenvalue weighted by Gasteiger charge is -2.07. The van der Waals surface area contributed by atoms with Crippen LogP contribution in [0.2, 0.25) is 0 Å². The van der Waals surface area contributed by atoms with Crippen molar-refractivity contribution in [1.82, 2.24) is 5.32 Å². The lowest BCUT2D eigenvalue weighted by Crippen LogP contribution is -2.27. The van der Waals surface area contributed by atoms with Gasteiger partial charge in [0.05, 0.1) is 12.7 Å². The van der Waals surface area contributed by atoms with E-state index in [1.54, 1.807) is 0 Å². The van der Waals surface area contributed by atoms with Crippen LogP contribution in [0, 0.1) is 0 Å². The fourth-order valence-electron chi connectivity index (χ4n) is 0.610. The molecule has 1 amide bonds. The van der Waals surface area contributed by atoms with E-state index in [0.29, 0.717) is 19.6 Å². The Labute approximate surface area is 81.9 Å². The van der Waals surface area contributed by atoms with E-state index in [0.717, 1.165) is 0 Å². The molecule has 0 bridgehead atoms. The van der Waals surface area contributed by atoms with Crippen LogP contribution in [0.15, 0.2) is 0 Å². The van der Waals surface area contributed by atoms with Crippen molar-refractivity contribution in [2.45, 2.75) is 47.1 Å². The number of hydrogen-bond acceptors (Lipinski definition) is 2. The van der Waals surface area contributed by atoms with Gasteiger partial charge in [0.2, 0.25) is 5.91 Å². The molecular formula is C10H23NO2. The van der Waals surface area contributed by atoms with Crippen LogP contribution in [-0.4, -0.2) is 25.2 Å². The molecule has 0 fully saturated rings. The summed E-state index contributed by atoms with van der Waals surface area (Å²) in [6, 6.07) is 0.